The third-order valence-corrected chi connectivity index (χ3v) is 2.90. The molecule has 2 N–H and O–H groups in total. The van der Waals surface area contributed by atoms with Gasteiger partial charge in [0.25, 0.3) is 0 Å². The van der Waals surface area contributed by atoms with E-state index in [1.807, 2.05) is 0 Å². The van der Waals surface area contributed by atoms with Gasteiger partial charge in [-0.3, -0.25) is 14.9 Å². The molecule has 9 heteroatoms. The molecule has 0 bridgehead atoms. The van der Waals surface area contributed by atoms with E-state index in [1.165, 1.54) is 0 Å². The molecule has 0 radical (unpaired) electrons. The number of H-pyrrole nitrogens is 1. The monoisotopic (exact) mass is 292 g/mol. The van der Waals surface area contributed by atoms with E-state index < -0.39 is 32.8 Å². The molecule has 0 spiro atoms. The number of rotatable bonds is 1. The smallest absolute Gasteiger partial charge is 0.375 e. The molecule has 18 heavy (non-hydrogen) atoms. The van der Waals surface area contributed by atoms with Crippen LogP contribution in [0.2, 0.25) is 10.0 Å². The summed E-state index contributed by atoms with van der Waals surface area (Å²) in [4.78, 5) is 23.0. The summed E-state index contributed by atoms with van der Waals surface area (Å²) in [5, 5.41) is 18.9. The lowest BCUT2D eigenvalue weighted by atomic mass is 10.2. The molecule has 0 saturated carbocycles. The summed E-state index contributed by atoms with van der Waals surface area (Å²) in [7, 11) is 0. The summed E-state index contributed by atoms with van der Waals surface area (Å²) in [6.07, 6.45) is 0. The van der Waals surface area contributed by atoms with Gasteiger partial charge < -0.3 is 10.1 Å². The van der Waals surface area contributed by atoms with Crippen molar-refractivity contribution in [3.8, 4) is 5.75 Å². The number of fused-ring (bicyclic) bond motifs is 1. The minimum absolute atomic E-state index is 0.0977. The first kappa shape index (κ1) is 12.6. The molecule has 1 aromatic heterocycles. The number of aromatic nitrogens is 1. The second-order valence-corrected chi connectivity index (χ2v) is 4.10. The molecular weight excluding hydrogens is 290 g/mol. The van der Waals surface area contributed by atoms with Gasteiger partial charge in [0.1, 0.15) is 0 Å². The lowest BCUT2D eigenvalue weighted by molar-refractivity contribution is -0.387. The van der Waals surface area contributed by atoms with Gasteiger partial charge in [0.05, 0.1) is 25.9 Å². The molecule has 0 aliphatic heterocycles. The van der Waals surface area contributed by atoms with Gasteiger partial charge in [-0.1, -0.05) is 23.2 Å². The highest BCUT2D eigenvalue weighted by molar-refractivity contribution is 6.39. The van der Waals surface area contributed by atoms with E-state index in [0.29, 0.717) is 0 Å². The number of nitro groups is 1. The van der Waals surface area contributed by atoms with E-state index in [1.54, 1.807) is 0 Å². The molecule has 0 fully saturated rings. The average Bonchev–Trinajstić information content (AvgIpc) is 2.24. The number of pyridine rings is 1. The van der Waals surface area contributed by atoms with Crippen LogP contribution in [0.25, 0.3) is 10.9 Å². The normalized spacial score (nSPS) is 10.8. The molecule has 0 saturated heterocycles. The quantitative estimate of drug-likeness (QED) is 0.480. The third kappa shape index (κ3) is 1.68. The van der Waals surface area contributed by atoms with Gasteiger partial charge in [0, 0.05) is 0 Å². The first-order valence-corrected chi connectivity index (χ1v) is 5.17. The summed E-state index contributed by atoms with van der Waals surface area (Å²) in [5.41, 5.74) is -2.34. The molecular formula is C9H3Cl2FN2O4. The topological polar surface area (TPSA) is 96.2 Å². The Morgan fingerprint density at radius 3 is 2.61 bits per heavy atom. The first-order valence-electron chi connectivity index (χ1n) is 4.41. The molecule has 0 amide bonds. The van der Waals surface area contributed by atoms with Crippen molar-refractivity contribution in [1.29, 1.82) is 0 Å². The van der Waals surface area contributed by atoms with Gasteiger partial charge in [-0.15, -0.1) is 0 Å². The lowest BCUT2D eigenvalue weighted by Gasteiger charge is -2.05. The molecule has 0 aliphatic rings. The molecule has 0 aliphatic carbocycles. The first-order chi connectivity index (χ1) is 8.34. The zero-order valence-electron chi connectivity index (χ0n) is 8.33. The number of benzene rings is 1. The van der Waals surface area contributed by atoms with Crippen molar-refractivity contribution < 1.29 is 14.4 Å². The number of halogens is 3. The van der Waals surface area contributed by atoms with Crippen LogP contribution in [0.15, 0.2) is 10.9 Å². The summed E-state index contributed by atoms with van der Waals surface area (Å²) in [6, 6.07) is 1.00. The molecule has 1 aromatic carbocycles. The predicted octanol–water partition coefficient (Wildman–Crippen LogP) is 2.59. The summed E-state index contributed by atoms with van der Waals surface area (Å²) >= 11 is 11.1. The second kappa shape index (κ2) is 4.11. The largest absolute Gasteiger partial charge is 0.501 e. The van der Waals surface area contributed by atoms with E-state index >= 15 is 0 Å². The standard InChI is InChI=1S/C9H3Cl2FN2O4/c10-2-1-3-4(5(11)6(2)12)8(15)7(14(17)18)9(16)13-3/h1H,(H2,13,15,16). The maximum Gasteiger partial charge on any atom is 0.375 e. The number of aromatic amines is 1. The van der Waals surface area contributed by atoms with Gasteiger partial charge in [0.2, 0.25) is 5.75 Å². The van der Waals surface area contributed by atoms with Crippen LogP contribution in [0.4, 0.5) is 10.1 Å². The number of nitrogens with one attached hydrogen (secondary N) is 1. The van der Waals surface area contributed by atoms with Gasteiger partial charge in [-0.05, 0) is 6.07 Å². The van der Waals surface area contributed by atoms with Crippen molar-refractivity contribution in [2.24, 2.45) is 0 Å². The zero-order valence-corrected chi connectivity index (χ0v) is 9.84. The molecule has 2 aromatic rings. The molecule has 0 atom stereocenters. The van der Waals surface area contributed by atoms with E-state index in [-0.39, 0.29) is 15.9 Å². The van der Waals surface area contributed by atoms with Gasteiger partial charge in [0.15, 0.2) is 5.82 Å². The molecule has 1 heterocycles. The summed E-state index contributed by atoms with van der Waals surface area (Å²) in [5.74, 6) is -2.04. The van der Waals surface area contributed by atoms with Crippen LogP contribution in [-0.2, 0) is 0 Å². The highest BCUT2D eigenvalue weighted by Gasteiger charge is 2.25. The van der Waals surface area contributed by atoms with Crippen molar-refractivity contribution in [2.75, 3.05) is 0 Å². The van der Waals surface area contributed by atoms with E-state index in [4.69, 9.17) is 23.2 Å². The number of hydrogen-bond donors (Lipinski definition) is 2. The van der Waals surface area contributed by atoms with E-state index in [9.17, 15) is 24.4 Å². The maximum atomic E-state index is 13.4. The molecule has 2 rings (SSSR count). The summed E-state index contributed by atoms with van der Waals surface area (Å²) < 4.78 is 13.4. The SMILES string of the molecule is O=c1[nH]c2cc(Cl)c(F)c(Cl)c2c(O)c1[N+](=O)[O-]. The van der Waals surface area contributed by atoms with Gasteiger partial charge >= 0.3 is 11.2 Å². The molecule has 6 nitrogen and oxygen atoms in total. The number of hydrogen-bond acceptors (Lipinski definition) is 4. The fourth-order valence-corrected chi connectivity index (χ4v) is 2.05. The van der Waals surface area contributed by atoms with Gasteiger partial charge in [-0.2, -0.15) is 0 Å². The number of aromatic hydroxyl groups is 1. The third-order valence-electron chi connectivity index (χ3n) is 2.27. The summed E-state index contributed by atoms with van der Waals surface area (Å²) in [6.45, 7) is 0. The van der Waals surface area contributed by atoms with Crippen LogP contribution < -0.4 is 5.56 Å². The number of nitrogens with zero attached hydrogens (tertiary/aromatic N) is 1. The van der Waals surface area contributed by atoms with Crippen molar-refractivity contribution in [3.05, 3.63) is 42.4 Å². The van der Waals surface area contributed by atoms with Crippen LogP contribution in [0, 0.1) is 15.9 Å². The minimum Gasteiger partial charge on any atom is -0.501 e. The van der Waals surface area contributed by atoms with Crippen LogP contribution in [-0.4, -0.2) is 15.0 Å². The maximum absolute atomic E-state index is 13.4. The lowest BCUT2D eigenvalue weighted by Crippen LogP contribution is -2.12. The highest BCUT2D eigenvalue weighted by Crippen LogP contribution is 2.38. The van der Waals surface area contributed by atoms with Gasteiger partial charge in [-0.25, -0.2) is 4.39 Å². The Hall–Kier alpha value is -1.86. The van der Waals surface area contributed by atoms with Crippen molar-refractivity contribution in [2.45, 2.75) is 0 Å². The van der Waals surface area contributed by atoms with E-state index in [0.717, 1.165) is 6.07 Å². The Bertz CT molecular complexity index is 744. The second-order valence-electron chi connectivity index (χ2n) is 3.32. The Morgan fingerprint density at radius 2 is 2.06 bits per heavy atom. The zero-order chi connectivity index (χ0) is 13.6. The average molecular weight is 293 g/mol. The Morgan fingerprint density at radius 1 is 1.44 bits per heavy atom. The Kier molecular flexibility index (Phi) is 2.88. The van der Waals surface area contributed by atoms with Crippen LogP contribution in [0.3, 0.4) is 0 Å². The Balaban J connectivity index is 3.07. The van der Waals surface area contributed by atoms with Crippen LogP contribution >= 0.6 is 23.2 Å². The minimum atomic E-state index is -1.14. The van der Waals surface area contributed by atoms with E-state index in [2.05, 4.69) is 4.98 Å². The highest BCUT2D eigenvalue weighted by atomic mass is 35.5. The predicted molar refractivity (Wildman–Crippen MR) is 62.9 cm³/mol. The van der Waals surface area contributed by atoms with Crippen LogP contribution in [0.5, 0.6) is 5.75 Å². The van der Waals surface area contributed by atoms with Crippen molar-refractivity contribution >= 4 is 39.8 Å². The molecule has 94 valence electrons. The fraction of sp³-hybridized carbons (Fsp3) is 0. The van der Waals surface area contributed by atoms with Crippen molar-refractivity contribution in [3.63, 3.8) is 0 Å². The van der Waals surface area contributed by atoms with Crippen LogP contribution in [0.1, 0.15) is 0 Å². The van der Waals surface area contributed by atoms with Crippen molar-refractivity contribution in [1.82, 2.24) is 4.98 Å². The Labute approximate surface area is 108 Å². The fourth-order valence-electron chi connectivity index (χ4n) is 1.50. The molecule has 0 unspecified atom stereocenters.